The van der Waals surface area contributed by atoms with E-state index in [1.165, 1.54) is 29.7 Å². The third-order valence-corrected chi connectivity index (χ3v) is 5.22. The summed E-state index contributed by atoms with van der Waals surface area (Å²) in [5.41, 5.74) is 4.84. The van der Waals surface area contributed by atoms with Crippen molar-refractivity contribution in [1.29, 1.82) is 0 Å². The summed E-state index contributed by atoms with van der Waals surface area (Å²) in [5, 5.41) is 3.45. The van der Waals surface area contributed by atoms with Crippen molar-refractivity contribution in [3.8, 4) is 0 Å². The summed E-state index contributed by atoms with van der Waals surface area (Å²) < 4.78 is 5.43. The summed E-state index contributed by atoms with van der Waals surface area (Å²) in [4.78, 5) is 15.2. The summed E-state index contributed by atoms with van der Waals surface area (Å²) in [6.45, 7) is 4.10. The molecule has 24 heavy (non-hydrogen) atoms. The lowest BCUT2D eigenvalue weighted by atomic mass is 9.76. The van der Waals surface area contributed by atoms with E-state index < -0.39 is 0 Å². The van der Waals surface area contributed by atoms with E-state index in [2.05, 4.69) is 34.5 Å². The Morgan fingerprint density at radius 1 is 1.25 bits per heavy atom. The highest BCUT2D eigenvalue weighted by molar-refractivity contribution is 5.92. The molecule has 1 saturated heterocycles. The maximum absolute atomic E-state index is 12.8. The third-order valence-electron chi connectivity index (χ3n) is 5.22. The minimum Gasteiger partial charge on any atom is -0.463 e. The van der Waals surface area contributed by atoms with Gasteiger partial charge in [-0.05, 0) is 43.7 Å². The summed E-state index contributed by atoms with van der Waals surface area (Å²) in [6, 6.07) is 10.4. The second-order valence-electron chi connectivity index (χ2n) is 6.58. The smallest absolute Gasteiger partial charge is 0.338 e. The van der Waals surface area contributed by atoms with Gasteiger partial charge in [-0.15, -0.1) is 0 Å². The minimum atomic E-state index is -0.183. The summed E-state index contributed by atoms with van der Waals surface area (Å²) in [6.07, 6.45) is 4.62. The summed E-state index contributed by atoms with van der Waals surface area (Å²) in [7, 11) is 0. The zero-order chi connectivity index (χ0) is 16.5. The van der Waals surface area contributed by atoms with E-state index in [1.54, 1.807) is 0 Å². The topological polar surface area (TPSA) is 41.6 Å². The van der Waals surface area contributed by atoms with Crippen molar-refractivity contribution in [3.63, 3.8) is 0 Å². The van der Waals surface area contributed by atoms with Crippen LogP contribution in [0.1, 0.15) is 44.1 Å². The van der Waals surface area contributed by atoms with Crippen LogP contribution in [0.2, 0.25) is 0 Å². The van der Waals surface area contributed by atoms with Crippen LogP contribution in [0.3, 0.4) is 0 Å². The van der Waals surface area contributed by atoms with Gasteiger partial charge < -0.3 is 15.0 Å². The van der Waals surface area contributed by atoms with E-state index in [1.807, 2.05) is 13.0 Å². The average Bonchev–Trinajstić information content (AvgIpc) is 3.11. The van der Waals surface area contributed by atoms with Gasteiger partial charge in [0.25, 0.3) is 0 Å². The molecule has 0 radical (unpaired) electrons. The molecule has 3 aliphatic rings. The van der Waals surface area contributed by atoms with Crippen LogP contribution < -0.4 is 5.32 Å². The van der Waals surface area contributed by atoms with Crippen LogP contribution in [0.15, 0.2) is 53.0 Å². The van der Waals surface area contributed by atoms with Gasteiger partial charge in [0.15, 0.2) is 0 Å². The van der Waals surface area contributed by atoms with Crippen molar-refractivity contribution >= 4 is 5.97 Å². The number of benzene rings is 1. The Labute approximate surface area is 143 Å². The Kier molecular flexibility index (Phi) is 4.05. The maximum atomic E-state index is 12.8. The van der Waals surface area contributed by atoms with Crippen LogP contribution in [0.25, 0.3) is 0 Å². The predicted octanol–water partition coefficient (Wildman–Crippen LogP) is 3.29. The lowest BCUT2D eigenvalue weighted by molar-refractivity contribution is -0.139. The highest BCUT2D eigenvalue weighted by Gasteiger charge is 2.41. The Balaban J connectivity index is 1.88. The molecular weight excluding hydrogens is 300 g/mol. The molecule has 2 heterocycles. The molecule has 0 amide bonds. The standard InChI is InChI=1S/C20H24N2O2/c1-2-24-20(23)18-17(14-8-4-3-5-9-14)15-10-6-7-11-16(15)22-13-12-21-19(18)22/h3-5,8-9,17,21H,2,6-7,10-13H2,1H3. The molecule has 1 unspecified atom stereocenters. The normalized spacial score (nSPS) is 22.9. The Morgan fingerprint density at radius 3 is 2.83 bits per heavy atom. The fourth-order valence-corrected chi connectivity index (χ4v) is 4.28. The molecule has 4 rings (SSSR count). The minimum absolute atomic E-state index is 0.0254. The summed E-state index contributed by atoms with van der Waals surface area (Å²) >= 11 is 0. The van der Waals surface area contributed by atoms with E-state index >= 15 is 0 Å². The average molecular weight is 324 g/mol. The second-order valence-corrected chi connectivity index (χ2v) is 6.58. The SMILES string of the molecule is CCOC(=O)C1=C2NCCN2C2=C(CCCC2)C1c1ccccc1. The van der Waals surface area contributed by atoms with Crippen LogP contribution in [0, 0.1) is 0 Å². The quantitative estimate of drug-likeness (QED) is 0.866. The van der Waals surface area contributed by atoms with Gasteiger partial charge in [-0.1, -0.05) is 30.3 Å². The maximum Gasteiger partial charge on any atom is 0.338 e. The number of fused-ring (bicyclic) bond motifs is 2. The van der Waals surface area contributed by atoms with Gasteiger partial charge in [0.05, 0.1) is 12.2 Å². The van der Waals surface area contributed by atoms with E-state index in [0.717, 1.165) is 37.3 Å². The van der Waals surface area contributed by atoms with Gasteiger partial charge in [0.1, 0.15) is 5.82 Å². The van der Waals surface area contributed by atoms with Gasteiger partial charge in [-0.25, -0.2) is 4.79 Å². The molecule has 1 aliphatic carbocycles. The lowest BCUT2D eigenvalue weighted by Gasteiger charge is -2.39. The molecule has 0 spiro atoms. The largest absolute Gasteiger partial charge is 0.463 e. The molecule has 1 atom stereocenters. The van der Waals surface area contributed by atoms with Crippen molar-refractivity contribution in [2.24, 2.45) is 0 Å². The number of nitrogens with one attached hydrogen (secondary N) is 1. The fourth-order valence-electron chi connectivity index (χ4n) is 4.28. The number of hydrogen-bond acceptors (Lipinski definition) is 4. The van der Waals surface area contributed by atoms with Gasteiger partial charge in [-0.3, -0.25) is 0 Å². The molecule has 1 aromatic carbocycles. The molecule has 0 bridgehead atoms. The van der Waals surface area contributed by atoms with Gasteiger partial charge >= 0.3 is 5.97 Å². The van der Waals surface area contributed by atoms with Crippen molar-refractivity contribution in [2.45, 2.75) is 38.5 Å². The number of carbonyl (C=O) groups excluding carboxylic acids is 1. The number of nitrogens with zero attached hydrogens (tertiary/aromatic N) is 1. The Morgan fingerprint density at radius 2 is 2.04 bits per heavy atom. The van der Waals surface area contributed by atoms with Crippen molar-refractivity contribution in [3.05, 3.63) is 58.6 Å². The molecule has 0 saturated carbocycles. The first kappa shape index (κ1) is 15.3. The number of ether oxygens (including phenoxy) is 1. The number of esters is 1. The highest BCUT2D eigenvalue weighted by atomic mass is 16.5. The highest BCUT2D eigenvalue weighted by Crippen LogP contribution is 2.47. The van der Waals surface area contributed by atoms with Gasteiger partial charge in [-0.2, -0.15) is 0 Å². The van der Waals surface area contributed by atoms with E-state index in [9.17, 15) is 4.79 Å². The molecule has 0 aromatic heterocycles. The molecular formula is C20H24N2O2. The van der Waals surface area contributed by atoms with Gasteiger partial charge in [0, 0.05) is 24.7 Å². The van der Waals surface area contributed by atoms with Crippen LogP contribution in [0.4, 0.5) is 0 Å². The molecule has 2 aliphatic heterocycles. The zero-order valence-electron chi connectivity index (χ0n) is 14.2. The number of rotatable bonds is 3. The van der Waals surface area contributed by atoms with Gasteiger partial charge in [0.2, 0.25) is 0 Å². The zero-order valence-corrected chi connectivity index (χ0v) is 14.2. The van der Waals surface area contributed by atoms with Crippen LogP contribution >= 0.6 is 0 Å². The summed E-state index contributed by atoms with van der Waals surface area (Å²) in [5.74, 6) is 0.818. The second kappa shape index (κ2) is 6.34. The molecule has 4 nitrogen and oxygen atoms in total. The van der Waals surface area contributed by atoms with Crippen LogP contribution in [0.5, 0.6) is 0 Å². The molecule has 4 heteroatoms. The lowest BCUT2D eigenvalue weighted by Crippen LogP contribution is -2.35. The van der Waals surface area contributed by atoms with Crippen LogP contribution in [-0.4, -0.2) is 30.6 Å². The third kappa shape index (κ3) is 2.41. The van der Waals surface area contributed by atoms with E-state index in [-0.39, 0.29) is 11.9 Å². The molecule has 1 fully saturated rings. The molecule has 126 valence electrons. The number of hydrogen-bond donors (Lipinski definition) is 1. The monoisotopic (exact) mass is 324 g/mol. The first-order valence-corrected chi connectivity index (χ1v) is 9.00. The first-order chi connectivity index (χ1) is 11.8. The Hall–Kier alpha value is -2.23. The first-order valence-electron chi connectivity index (χ1n) is 9.00. The van der Waals surface area contributed by atoms with E-state index in [4.69, 9.17) is 4.74 Å². The van der Waals surface area contributed by atoms with Crippen molar-refractivity contribution in [1.82, 2.24) is 10.2 Å². The predicted molar refractivity (Wildman–Crippen MR) is 93.0 cm³/mol. The van der Waals surface area contributed by atoms with Crippen molar-refractivity contribution in [2.75, 3.05) is 19.7 Å². The molecule has 1 aromatic rings. The number of carbonyl (C=O) groups is 1. The van der Waals surface area contributed by atoms with E-state index in [0.29, 0.717) is 6.61 Å². The number of allylic oxidation sites excluding steroid dienone is 2. The fraction of sp³-hybridized carbons (Fsp3) is 0.450. The molecule has 1 N–H and O–H groups in total. The van der Waals surface area contributed by atoms with Crippen LogP contribution in [-0.2, 0) is 9.53 Å². The van der Waals surface area contributed by atoms with Crippen molar-refractivity contribution < 1.29 is 9.53 Å². The Bertz CT molecular complexity index is 706.